The third-order valence-electron chi connectivity index (χ3n) is 4.66. The summed E-state index contributed by atoms with van der Waals surface area (Å²) in [5.41, 5.74) is 0.0725. The van der Waals surface area contributed by atoms with Crippen LogP contribution < -0.4 is 10.2 Å². The summed E-state index contributed by atoms with van der Waals surface area (Å²) in [5.74, 6) is 0.611. The number of pyridine rings is 1. The third kappa shape index (κ3) is 3.70. The molecule has 1 fully saturated rings. The number of amides is 1. The van der Waals surface area contributed by atoms with Crippen molar-refractivity contribution in [3.8, 4) is 0 Å². The normalized spacial score (nSPS) is 20.4. The van der Waals surface area contributed by atoms with E-state index < -0.39 is 5.60 Å². The van der Waals surface area contributed by atoms with Crippen molar-refractivity contribution >= 4 is 11.7 Å². The van der Waals surface area contributed by atoms with Gasteiger partial charge in [-0.3, -0.25) is 4.79 Å². The van der Waals surface area contributed by atoms with Crippen LogP contribution in [0.5, 0.6) is 0 Å². The molecule has 0 radical (unpaired) electrons. The van der Waals surface area contributed by atoms with Gasteiger partial charge < -0.3 is 15.3 Å². The molecule has 0 aromatic carbocycles. The lowest BCUT2D eigenvalue weighted by Gasteiger charge is -2.38. The van der Waals surface area contributed by atoms with Gasteiger partial charge in [0.15, 0.2) is 0 Å². The summed E-state index contributed by atoms with van der Waals surface area (Å²) in [7, 11) is 0. The molecule has 8 nitrogen and oxygen atoms in total. The summed E-state index contributed by atoms with van der Waals surface area (Å²) in [6.07, 6.45) is 4.85. The molecule has 2 aromatic rings. The molecule has 3 heterocycles. The monoisotopic (exact) mass is 358 g/mol. The Morgan fingerprint density at radius 2 is 2.23 bits per heavy atom. The quantitative estimate of drug-likeness (QED) is 0.841. The highest BCUT2D eigenvalue weighted by Gasteiger charge is 2.38. The highest BCUT2D eigenvalue weighted by Crippen LogP contribution is 2.32. The van der Waals surface area contributed by atoms with E-state index in [1.54, 1.807) is 16.9 Å². The molecule has 0 aliphatic carbocycles. The molecular formula is C18H26N6O2. The molecule has 1 atom stereocenters. The second kappa shape index (κ2) is 7.41. The Labute approximate surface area is 153 Å². The van der Waals surface area contributed by atoms with Crippen molar-refractivity contribution in [2.45, 2.75) is 45.3 Å². The summed E-state index contributed by atoms with van der Waals surface area (Å²) in [6.45, 7) is 7.71. The minimum absolute atomic E-state index is 0.132. The molecule has 26 heavy (non-hydrogen) atoms. The smallest absolute Gasteiger partial charge is 0.252 e. The number of rotatable bonds is 5. The van der Waals surface area contributed by atoms with Crippen molar-refractivity contribution in [2.24, 2.45) is 0 Å². The van der Waals surface area contributed by atoms with Gasteiger partial charge in [0, 0.05) is 25.3 Å². The Bertz CT molecular complexity index is 757. The fourth-order valence-corrected chi connectivity index (χ4v) is 3.15. The number of hydrogen-bond donors (Lipinski definition) is 2. The maximum absolute atomic E-state index is 11.9. The predicted octanol–water partition coefficient (Wildman–Crippen LogP) is 1.49. The first kappa shape index (κ1) is 18.3. The molecule has 0 bridgehead atoms. The first-order valence-electron chi connectivity index (χ1n) is 9.07. The zero-order valence-corrected chi connectivity index (χ0v) is 15.5. The van der Waals surface area contributed by atoms with Crippen LogP contribution >= 0.6 is 0 Å². The molecule has 1 amide bonds. The Hall–Kier alpha value is -2.48. The number of β-amino-alcohol motifs (C(OH)–C–C–N with tert-alkyl or cyclic N) is 1. The molecule has 2 aromatic heterocycles. The van der Waals surface area contributed by atoms with E-state index in [-0.39, 0.29) is 11.9 Å². The van der Waals surface area contributed by atoms with Crippen LogP contribution in [-0.2, 0) is 5.60 Å². The first-order valence-corrected chi connectivity index (χ1v) is 9.07. The van der Waals surface area contributed by atoms with E-state index in [0.29, 0.717) is 30.8 Å². The molecule has 0 saturated carbocycles. The van der Waals surface area contributed by atoms with Gasteiger partial charge in [-0.15, -0.1) is 5.10 Å². The van der Waals surface area contributed by atoms with Gasteiger partial charge in [0.05, 0.1) is 18.3 Å². The van der Waals surface area contributed by atoms with Gasteiger partial charge in [0.25, 0.3) is 5.91 Å². The van der Waals surface area contributed by atoms with Crippen molar-refractivity contribution < 1.29 is 9.90 Å². The molecule has 1 aliphatic rings. The van der Waals surface area contributed by atoms with E-state index in [1.165, 1.54) is 0 Å². The van der Waals surface area contributed by atoms with Crippen molar-refractivity contribution in [3.63, 3.8) is 0 Å². The van der Waals surface area contributed by atoms with Crippen LogP contribution in [-0.4, -0.2) is 50.6 Å². The number of carbonyl (C=O) groups excluding carboxylic acids is 1. The van der Waals surface area contributed by atoms with Gasteiger partial charge in [-0.1, -0.05) is 5.21 Å². The van der Waals surface area contributed by atoms with Crippen LogP contribution in [0.15, 0.2) is 24.5 Å². The number of hydrogen-bond acceptors (Lipinski definition) is 6. The Morgan fingerprint density at radius 1 is 1.42 bits per heavy atom. The Kier molecular flexibility index (Phi) is 5.22. The second-order valence-electron chi connectivity index (χ2n) is 7.00. The number of aromatic nitrogens is 4. The number of nitrogens with zero attached hydrogens (tertiary/aromatic N) is 5. The lowest BCUT2D eigenvalue weighted by atomic mass is 9.90. The SMILES string of the molecule is CCNC(=O)c1ccc(N2CCC[C@@](O)(c3cn(C(C)C)nn3)C2)nc1. The minimum atomic E-state index is -1.05. The van der Waals surface area contributed by atoms with E-state index in [2.05, 4.69) is 20.6 Å². The topological polar surface area (TPSA) is 96.2 Å². The number of piperidine rings is 1. The van der Waals surface area contributed by atoms with Crippen molar-refractivity contribution in [3.05, 3.63) is 35.8 Å². The molecular weight excluding hydrogens is 332 g/mol. The average Bonchev–Trinajstić information content (AvgIpc) is 3.13. The summed E-state index contributed by atoms with van der Waals surface area (Å²) in [6, 6.07) is 3.78. The Balaban J connectivity index is 1.76. The van der Waals surface area contributed by atoms with Crippen molar-refractivity contribution in [2.75, 3.05) is 24.5 Å². The molecule has 1 saturated heterocycles. The number of anilines is 1. The van der Waals surface area contributed by atoms with Crippen molar-refractivity contribution in [1.29, 1.82) is 0 Å². The average molecular weight is 358 g/mol. The lowest BCUT2D eigenvalue weighted by molar-refractivity contribution is 0.0174. The van der Waals surface area contributed by atoms with Crippen molar-refractivity contribution in [1.82, 2.24) is 25.3 Å². The van der Waals surface area contributed by atoms with Crippen LogP contribution in [0.25, 0.3) is 0 Å². The van der Waals surface area contributed by atoms with Gasteiger partial charge in [0.1, 0.15) is 17.1 Å². The fourth-order valence-electron chi connectivity index (χ4n) is 3.15. The van der Waals surface area contributed by atoms with E-state index in [9.17, 15) is 9.90 Å². The Morgan fingerprint density at radius 3 is 2.85 bits per heavy atom. The highest BCUT2D eigenvalue weighted by atomic mass is 16.3. The number of aliphatic hydroxyl groups is 1. The van der Waals surface area contributed by atoms with Crippen LogP contribution in [0.3, 0.4) is 0 Å². The molecule has 0 spiro atoms. The summed E-state index contributed by atoms with van der Waals surface area (Å²) >= 11 is 0. The summed E-state index contributed by atoms with van der Waals surface area (Å²) in [5, 5.41) is 22.2. The largest absolute Gasteiger partial charge is 0.382 e. The molecule has 140 valence electrons. The molecule has 2 N–H and O–H groups in total. The molecule has 0 unspecified atom stereocenters. The fraction of sp³-hybridized carbons (Fsp3) is 0.556. The molecule has 3 rings (SSSR count). The lowest BCUT2D eigenvalue weighted by Crippen LogP contribution is -2.46. The van der Waals surface area contributed by atoms with Gasteiger partial charge >= 0.3 is 0 Å². The predicted molar refractivity (Wildman–Crippen MR) is 98.0 cm³/mol. The van der Waals surface area contributed by atoms with Crippen LogP contribution in [0.2, 0.25) is 0 Å². The third-order valence-corrected chi connectivity index (χ3v) is 4.66. The van der Waals surface area contributed by atoms with E-state index in [0.717, 1.165) is 18.8 Å². The van der Waals surface area contributed by atoms with Crippen LogP contribution in [0.1, 0.15) is 55.7 Å². The summed E-state index contributed by atoms with van der Waals surface area (Å²) in [4.78, 5) is 18.3. The highest BCUT2D eigenvalue weighted by molar-refractivity contribution is 5.94. The maximum Gasteiger partial charge on any atom is 0.252 e. The minimum Gasteiger partial charge on any atom is -0.382 e. The van der Waals surface area contributed by atoms with E-state index in [1.807, 2.05) is 37.9 Å². The standard InChI is InChI=1S/C18H26N6O2/c1-4-19-17(25)14-6-7-16(20-10-14)23-9-5-8-18(26,12-23)15-11-24(13(2)3)22-21-15/h6-7,10-11,13,26H,4-5,8-9,12H2,1-3H3,(H,19,25)/t18-/m0/s1. The first-order chi connectivity index (χ1) is 12.4. The van der Waals surface area contributed by atoms with E-state index in [4.69, 9.17) is 0 Å². The zero-order valence-electron chi connectivity index (χ0n) is 15.5. The summed E-state index contributed by atoms with van der Waals surface area (Å²) < 4.78 is 1.76. The number of carbonyl (C=O) groups is 1. The van der Waals surface area contributed by atoms with Crippen LogP contribution in [0.4, 0.5) is 5.82 Å². The zero-order chi connectivity index (χ0) is 18.7. The maximum atomic E-state index is 11.9. The van der Waals surface area contributed by atoms with E-state index >= 15 is 0 Å². The van der Waals surface area contributed by atoms with Gasteiger partial charge in [0.2, 0.25) is 0 Å². The number of nitrogens with one attached hydrogen (secondary N) is 1. The molecule has 1 aliphatic heterocycles. The van der Waals surface area contributed by atoms with Gasteiger partial charge in [-0.25, -0.2) is 9.67 Å². The molecule has 8 heteroatoms. The second-order valence-corrected chi connectivity index (χ2v) is 7.00. The van der Waals surface area contributed by atoms with Crippen LogP contribution in [0, 0.1) is 0 Å². The van der Waals surface area contributed by atoms with Gasteiger partial charge in [-0.2, -0.15) is 0 Å². The van der Waals surface area contributed by atoms with Gasteiger partial charge in [-0.05, 0) is 45.7 Å².